The molecular weight excluding hydrogens is 647 g/mol. The van der Waals surface area contributed by atoms with Crippen molar-refractivity contribution in [1.82, 2.24) is 0 Å². The fourth-order valence-corrected chi connectivity index (χ4v) is 28.1. The van der Waals surface area contributed by atoms with Crippen molar-refractivity contribution < 1.29 is 17.4 Å². The first-order chi connectivity index (χ1) is 19.1. The first-order valence-corrected chi connectivity index (χ1v) is 28.6. The number of aryl methyl sites for hydroxylation is 1. The summed E-state index contributed by atoms with van der Waals surface area (Å²) in [7, 11) is 0. The van der Waals surface area contributed by atoms with Gasteiger partial charge < -0.3 is 0 Å². The molecule has 2 atom stereocenters. The van der Waals surface area contributed by atoms with E-state index in [-0.39, 0.29) is 24.8 Å². The summed E-state index contributed by atoms with van der Waals surface area (Å²) in [6.45, 7) is 12.0. The zero-order valence-electron chi connectivity index (χ0n) is 25.8. The summed E-state index contributed by atoms with van der Waals surface area (Å²) in [6, 6.07) is 33.9. The largest absolute Gasteiger partial charge is 0.147 e. The van der Waals surface area contributed by atoms with Gasteiger partial charge in [0.05, 0.1) is 0 Å². The molecule has 0 saturated carbocycles. The molecule has 0 fully saturated rings. The van der Waals surface area contributed by atoms with Crippen LogP contribution in [-0.2, 0) is 17.4 Å². The van der Waals surface area contributed by atoms with Crippen molar-refractivity contribution >= 4 is 43.8 Å². The minimum atomic E-state index is -3.65. The summed E-state index contributed by atoms with van der Waals surface area (Å²) in [5, 5.41) is 0. The summed E-state index contributed by atoms with van der Waals surface area (Å²) in [5.74, 6) is 0.519. The molecule has 0 amide bonds. The monoisotopic (exact) mass is 688 g/mol. The van der Waals surface area contributed by atoms with Crippen LogP contribution in [0.15, 0.2) is 102 Å². The van der Waals surface area contributed by atoms with E-state index in [4.69, 9.17) is 0 Å². The predicted molar refractivity (Wildman–Crippen MR) is 190 cm³/mol. The maximum absolute atomic E-state index is 3.65. The van der Waals surface area contributed by atoms with Crippen LogP contribution >= 0.6 is 24.8 Å². The normalized spacial score (nSPS) is 17.5. The fourth-order valence-electron chi connectivity index (χ4n) is 8.02. The number of hydrogen-bond donors (Lipinski definition) is 0. The van der Waals surface area contributed by atoms with Crippen molar-refractivity contribution in [2.24, 2.45) is 5.92 Å². The molecule has 0 saturated heterocycles. The van der Waals surface area contributed by atoms with Gasteiger partial charge >= 0.3 is 245 Å². The van der Waals surface area contributed by atoms with Gasteiger partial charge in [-0.1, -0.05) is 0 Å². The second-order valence-corrected chi connectivity index (χ2v) is 43.9. The van der Waals surface area contributed by atoms with Gasteiger partial charge in [-0.05, 0) is 0 Å². The number of fused-ring (bicyclic) bond motifs is 2. The minimum Gasteiger partial charge on any atom is -0.147 e. The molecule has 218 valence electrons. The van der Waals surface area contributed by atoms with E-state index < -0.39 is 17.4 Å². The van der Waals surface area contributed by atoms with Crippen LogP contribution in [0.25, 0.3) is 34.4 Å². The first kappa shape index (κ1) is 32.9. The zero-order chi connectivity index (χ0) is 28.3. The van der Waals surface area contributed by atoms with Crippen LogP contribution in [0.1, 0.15) is 62.3 Å². The minimum absolute atomic E-state index is 0. The molecule has 0 N–H and O–H groups in total. The zero-order valence-corrected chi connectivity index (χ0v) is 31.3. The van der Waals surface area contributed by atoms with Crippen LogP contribution in [0.4, 0.5) is 0 Å². The van der Waals surface area contributed by atoms with Crippen LogP contribution in [0.3, 0.4) is 0 Å². The van der Waals surface area contributed by atoms with Crippen LogP contribution in [0.2, 0.25) is 9.26 Å². The van der Waals surface area contributed by atoms with E-state index in [0.717, 1.165) is 6.42 Å². The van der Waals surface area contributed by atoms with Crippen LogP contribution < -0.4 is 0 Å². The average molecular weight is 691 g/mol. The molecule has 0 radical (unpaired) electrons. The van der Waals surface area contributed by atoms with Crippen LogP contribution in [0.5, 0.6) is 0 Å². The molecule has 2 aliphatic carbocycles. The Morgan fingerprint density at radius 2 is 1.26 bits per heavy atom. The van der Waals surface area contributed by atoms with E-state index in [1.807, 2.05) is 0 Å². The van der Waals surface area contributed by atoms with Gasteiger partial charge in [0.25, 0.3) is 0 Å². The molecule has 0 nitrogen and oxygen atoms in total. The van der Waals surface area contributed by atoms with Gasteiger partial charge in [-0.3, -0.25) is 0 Å². The van der Waals surface area contributed by atoms with Crippen LogP contribution in [0, 0.1) is 12.8 Å². The first-order valence-electron chi connectivity index (χ1n) is 15.0. The molecule has 2 aliphatic rings. The van der Waals surface area contributed by atoms with Crippen molar-refractivity contribution in [3.05, 3.63) is 130 Å². The summed E-state index contributed by atoms with van der Waals surface area (Å²) in [5.41, 5.74) is 16.3. The van der Waals surface area contributed by atoms with Gasteiger partial charge in [-0.25, -0.2) is 0 Å². The van der Waals surface area contributed by atoms with Crippen molar-refractivity contribution in [3.8, 4) is 22.3 Å². The van der Waals surface area contributed by atoms with Crippen molar-refractivity contribution in [1.29, 1.82) is 0 Å². The Kier molecular flexibility index (Phi) is 9.57. The summed E-state index contributed by atoms with van der Waals surface area (Å²) < 4.78 is 6.64. The Bertz CT molecular complexity index is 1740. The molecule has 6 rings (SSSR count). The Morgan fingerprint density at radius 1 is 0.690 bits per heavy atom. The smallest absolute Gasteiger partial charge is 0.147 e. The van der Waals surface area contributed by atoms with E-state index >= 15 is 0 Å². The van der Waals surface area contributed by atoms with E-state index in [1.54, 1.807) is 22.3 Å². The molecule has 2 unspecified atom stereocenters. The maximum Gasteiger partial charge on any atom is -0.147 e. The SMILES string of the molecule is CCC1=Cc2c(-c3ccccc3)ccc(C)c2[CH]1[Zr]([CH3])([CH3])(=[SiH2])[CH]1C(C(C)C)=Cc2c(-c3ccccc3)cccc21.Cl.Cl. The van der Waals surface area contributed by atoms with Crippen molar-refractivity contribution in [3.63, 3.8) is 0 Å². The number of benzene rings is 4. The van der Waals surface area contributed by atoms with E-state index in [2.05, 4.69) is 147 Å². The van der Waals surface area contributed by atoms with Gasteiger partial charge in [0.15, 0.2) is 0 Å². The van der Waals surface area contributed by atoms with Gasteiger partial charge in [-0.15, -0.1) is 24.8 Å². The fraction of sp³-hybridized carbons (Fsp3) is 0.263. The average Bonchev–Trinajstić information content (AvgIpc) is 3.56. The number of halogens is 2. The summed E-state index contributed by atoms with van der Waals surface area (Å²) in [6.07, 6.45) is 6.31. The van der Waals surface area contributed by atoms with Gasteiger partial charge in [0.2, 0.25) is 0 Å². The summed E-state index contributed by atoms with van der Waals surface area (Å²) >= 11 is -3.65. The molecule has 4 aromatic carbocycles. The molecule has 0 aromatic heterocycles. The molecule has 0 heterocycles. The Morgan fingerprint density at radius 3 is 1.81 bits per heavy atom. The van der Waals surface area contributed by atoms with Gasteiger partial charge in [0, 0.05) is 0 Å². The predicted octanol–water partition coefficient (Wildman–Crippen LogP) is 11.1. The third-order valence-corrected chi connectivity index (χ3v) is 27.1. The second kappa shape index (κ2) is 12.2. The van der Waals surface area contributed by atoms with E-state index in [1.165, 1.54) is 38.9 Å². The standard InChI is InChI=1S/2C18H17.2CH3.2ClH.H2Si.Zr/c1-13(2)16-11-15-9-6-10-17(18(15)12-16)14-7-4-3-5-8-14;1-3-14-11-17-13(2)9-10-16(18(17)12-14)15-7-5-4-6-8-15;;;;;;/h3-13H,1-2H3;4-12H,3H2,1-2H3;2*1H3;2*1H;1H2;. The molecule has 0 aliphatic heterocycles. The summed E-state index contributed by atoms with van der Waals surface area (Å²) in [4.78, 5) is 0. The third kappa shape index (κ3) is 5.32. The number of allylic oxidation sites excluding steroid dienone is 2. The Balaban J connectivity index is 0.00000202. The topological polar surface area (TPSA) is 0 Å². The van der Waals surface area contributed by atoms with Crippen molar-refractivity contribution in [2.45, 2.75) is 50.6 Å². The quantitative estimate of drug-likeness (QED) is 0.177. The number of rotatable bonds is 6. The van der Waals surface area contributed by atoms with E-state index in [0.29, 0.717) is 13.2 Å². The molecule has 42 heavy (non-hydrogen) atoms. The molecule has 0 spiro atoms. The van der Waals surface area contributed by atoms with Crippen molar-refractivity contribution in [2.75, 3.05) is 0 Å². The van der Waals surface area contributed by atoms with E-state index in [9.17, 15) is 0 Å². The maximum atomic E-state index is 2.78. The van der Waals surface area contributed by atoms with Gasteiger partial charge in [0.1, 0.15) is 0 Å². The van der Waals surface area contributed by atoms with Crippen LogP contribution in [-0.4, -0.2) is 6.88 Å². The van der Waals surface area contributed by atoms with Gasteiger partial charge in [-0.2, -0.15) is 0 Å². The number of hydrogen-bond acceptors (Lipinski definition) is 0. The second-order valence-electron chi connectivity index (χ2n) is 13.5. The molecule has 0 bridgehead atoms. The Labute approximate surface area is 268 Å². The third-order valence-electron chi connectivity index (χ3n) is 9.73. The molecule has 4 aromatic rings. The molecular formula is C38H44Cl2SiZr. The Hall–Kier alpha value is -1.96. The molecule has 4 heteroatoms.